The van der Waals surface area contributed by atoms with E-state index in [0.717, 1.165) is 6.42 Å². The van der Waals surface area contributed by atoms with Gasteiger partial charge in [0.05, 0.1) is 6.04 Å². The van der Waals surface area contributed by atoms with E-state index in [-0.39, 0.29) is 23.8 Å². The minimum absolute atomic E-state index is 0.0507. The first-order valence-electron chi connectivity index (χ1n) is 6.65. The van der Waals surface area contributed by atoms with Crippen LogP contribution in [0.15, 0.2) is 0 Å². The number of likely N-dealkylation sites (tertiary alicyclic amines) is 1. The second-order valence-electron chi connectivity index (χ2n) is 6.55. The third kappa shape index (κ3) is 3.72. The zero-order chi connectivity index (χ0) is 14.1. The number of amides is 1. The molecule has 0 aromatic rings. The van der Waals surface area contributed by atoms with E-state index >= 15 is 0 Å². The van der Waals surface area contributed by atoms with Crippen molar-refractivity contribution in [3.63, 3.8) is 0 Å². The molecule has 0 saturated carbocycles. The van der Waals surface area contributed by atoms with Gasteiger partial charge in [0.2, 0.25) is 0 Å². The number of rotatable bonds is 2. The fraction of sp³-hybridized carbons (Fsp3) is 0.857. The molecule has 1 fully saturated rings. The number of hydrogen-bond acceptors (Lipinski definition) is 3. The van der Waals surface area contributed by atoms with Crippen LogP contribution in [0.5, 0.6) is 0 Å². The summed E-state index contributed by atoms with van der Waals surface area (Å²) in [4.78, 5) is 25.8. The minimum Gasteiger partial charge on any atom is -0.444 e. The van der Waals surface area contributed by atoms with Crippen molar-refractivity contribution in [3.05, 3.63) is 0 Å². The molecule has 0 aliphatic carbocycles. The lowest BCUT2D eigenvalue weighted by Crippen LogP contribution is -2.44. The molecule has 1 aliphatic rings. The third-order valence-corrected chi connectivity index (χ3v) is 3.04. The molecule has 0 bridgehead atoms. The van der Waals surface area contributed by atoms with Crippen LogP contribution in [0.4, 0.5) is 4.79 Å². The van der Waals surface area contributed by atoms with E-state index in [0.29, 0.717) is 12.5 Å². The maximum atomic E-state index is 12.1. The lowest BCUT2D eigenvalue weighted by atomic mass is 9.97. The highest BCUT2D eigenvalue weighted by Gasteiger charge is 2.40. The summed E-state index contributed by atoms with van der Waals surface area (Å²) in [7, 11) is 0. The molecule has 0 N–H and O–H groups in total. The largest absolute Gasteiger partial charge is 0.444 e. The van der Waals surface area contributed by atoms with E-state index in [1.165, 1.54) is 0 Å². The van der Waals surface area contributed by atoms with E-state index < -0.39 is 5.60 Å². The average Bonchev–Trinajstić information content (AvgIpc) is 2.56. The van der Waals surface area contributed by atoms with Gasteiger partial charge >= 0.3 is 6.09 Å². The van der Waals surface area contributed by atoms with E-state index in [9.17, 15) is 9.59 Å². The Hall–Kier alpha value is -1.06. The zero-order valence-corrected chi connectivity index (χ0v) is 12.3. The molecule has 104 valence electrons. The molecule has 0 aromatic heterocycles. The highest BCUT2D eigenvalue weighted by Crippen LogP contribution is 2.27. The van der Waals surface area contributed by atoms with Crippen molar-refractivity contribution in [3.8, 4) is 0 Å². The third-order valence-electron chi connectivity index (χ3n) is 3.04. The number of nitrogens with zero attached hydrogens (tertiary/aromatic N) is 1. The van der Waals surface area contributed by atoms with Gasteiger partial charge in [-0.2, -0.15) is 0 Å². The van der Waals surface area contributed by atoms with Gasteiger partial charge in [-0.1, -0.05) is 20.8 Å². The van der Waals surface area contributed by atoms with Crippen molar-refractivity contribution < 1.29 is 14.3 Å². The van der Waals surface area contributed by atoms with Crippen molar-refractivity contribution >= 4 is 11.9 Å². The molecule has 1 amide bonds. The molecule has 2 atom stereocenters. The Morgan fingerprint density at radius 3 is 2.28 bits per heavy atom. The van der Waals surface area contributed by atoms with Crippen LogP contribution in [0, 0.1) is 11.8 Å². The van der Waals surface area contributed by atoms with Crippen molar-refractivity contribution in [1.82, 2.24) is 4.90 Å². The van der Waals surface area contributed by atoms with Gasteiger partial charge in [-0.3, -0.25) is 9.69 Å². The van der Waals surface area contributed by atoms with Crippen LogP contribution >= 0.6 is 0 Å². The molecule has 0 spiro atoms. The van der Waals surface area contributed by atoms with Crippen molar-refractivity contribution in [1.29, 1.82) is 0 Å². The number of carbonyl (C=O) groups is 2. The molecule has 1 unspecified atom stereocenters. The Bertz CT molecular complexity index is 330. The molecule has 0 radical (unpaired) electrons. The lowest BCUT2D eigenvalue weighted by molar-refractivity contribution is -0.126. The number of ether oxygens (including phenoxy) is 1. The fourth-order valence-corrected chi connectivity index (χ4v) is 2.22. The molecule has 4 heteroatoms. The molecule has 1 saturated heterocycles. The van der Waals surface area contributed by atoms with Crippen LogP contribution in [-0.4, -0.2) is 35.0 Å². The second-order valence-corrected chi connectivity index (χ2v) is 6.55. The number of carbonyl (C=O) groups excluding carboxylic acids is 2. The zero-order valence-electron chi connectivity index (χ0n) is 12.3. The molecule has 18 heavy (non-hydrogen) atoms. The van der Waals surface area contributed by atoms with Crippen LogP contribution in [-0.2, 0) is 9.53 Å². The molecule has 4 nitrogen and oxygen atoms in total. The Morgan fingerprint density at radius 2 is 1.83 bits per heavy atom. The average molecular weight is 255 g/mol. The van der Waals surface area contributed by atoms with Gasteiger partial charge in [-0.05, 0) is 33.1 Å². The lowest BCUT2D eigenvalue weighted by Gasteiger charge is -2.28. The Kier molecular flexibility index (Phi) is 4.41. The SMILES string of the molecule is CC(C)C(=O)C1C[C@H](C)CN1C(=O)OC(C)(C)C. The first kappa shape index (κ1) is 15.0. The van der Waals surface area contributed by atoms with Crippen LogP contribution in [0.1, 0.15) is 48.0 Å². The summed E-state index contributed by atoms with van der Waals surface area (Å²) in [5.74, 6) is 0.431. The van der Waals surface area contributed by atoms with Crippen molar-refractivity contribution in [2.75, 3.05) is 6.54 Å². The summed E-state index contributed by atoms with van der Waals surface area (Å²) in [5, 5.41) is 0. The van der Waals surface area contributed by atoms with Gasteiger partial charge in [-0.25, -0.2) is 4.79 Å². The molecular weight excluding hydrogens is 230 g/mol. The van der Waals surface area contributed by atoms with Gasteiger partial charge in [-0.15, -0.1) is 0 Å². The number of Topliss-reactive ketones (excluding diaryl/α,β-unsaturated/α-hetero) is 1. The second kappa shape index (κ2) is 5.29. The Morgan fingerprint density at radius 1 is 1.28 bits per heavy atom. The molecule has 0 aromatic carbocycles. The molecule has 1 heterocycles. The summed E-state index contributed by atoms with van der Waals surface area (Å²) in [6, 6.07) is -0.310. The minimum atomic E-state index is -0.520. The predicted octanol–water partition coefficient (Wildman–Crippen LogP) is 2.86. The van der Waals surface area contributed by atoms with Crippen LogP contribution < -0.4 is 0 Å². The van der Waals surface area contributed by atoms with Crippen LogP contribution in [0.2, 0.25) is 0 Å². The summed E-state index contributed by atoms with van der Waals surface area (Å²) >= 11 is 0. The monoisotopic (exact) mass is 255 g/mol. The van der Waals surface area contributed by atoms with Gasteiger partial charge in [0.15, 0.2) is 5.78 Å². The summed E-state index contributed by atoms with van der Waals surface area (Å²) in [6.45, 7) is 11.9. The van der Waals surface area contributed by atoms with Crippen molar-refractivity contribution in [2.45, 2.75) is 59.6 Å². The Balaban J connectivity index is 2.79. The van der Waals surface area contributed by atoms with Gasteiger partial charge in [0, 0.05) is 12.5 Å². The van der Waals surface area contributed by atoms with E-state index in [2.05, 4.69) is 6.92 Å². The first-order chi connectivity index (χ1) is 8.11. The van der Waals surface area contributed by atoms with E-state index in [1.54, 1.807) is 4.90 Å². The van der Waals surface area contributed by atoms with Gasteiger partial charge in [0.25, 0.3) is 0 Å². The van der Waals surface area contributed by atoms with E-state index in [4.69, 9.17) is 4.74 Å². The summed E-state index contributed by atoms with van der Waals surface area (Å²) in [5.41, 5.74) is -0.520. The first-order valence-corrected chi connectivity index (χ1v) is 6.65. The molecular formula is C14H25NO3. The topological polar surface area (TPSA) is 46.6 Å². The predicted molar refractivity (Wildman–Crippen MR) is 70.4 cm³/mol. The standard InChI is InChI=1S/C14H25NO3/c1-9(2)12(16)11-7-10(3)8-15(11)13(17)18-14(4,5)6/h9-11H,7-8H2,1-6H3/t10-,11?/m0/s1. The van der Waals surface area contributed by atoms with Crippen molar-refractivity contribution in [2.24, 2.45) is 11.8 Å². The highest BCUT2D eigenvalue weighted by atomic mass is 16.6. The maximum absolute atomic E-state index is 12.1. The normalized spacial score (nSPS) is 24.5. The number of ketones is 1. The highest BCUT2D eigenvalue weighted by molar-refractivity contribution is 5.89. The Labute approximate surface area is 110 Å². The van der Waals surface area contributed by atoms with Crippen LogP contribution in [0.3, 0.4) is 0 Å². The van der Waals surface area contributed by atoms with E-state index in [1.807, 2.05) is 34.6 Å². The summed E-state index contributed by atoms with van der Waals surface area (Å²) in [6.07, 6.45) is 0.377. The van der Waals surface area contributed by atoms with Crippen LogP contribution in [0.25, 0.3) is 0 Å². The quantitative estimate of drug-likeness (QED) is 0.762. The smallest absolute Gasteiger partial charge is 0.410 e. The summed E-state index contributed by atoms with van der Waals surface area (Å²) < 4.78 is 5.36. The number of hydrogen-bond donors (Lipinski definition) is 0. The molecule has 1 rings (SSSR count). The molecule has 1 aliphatic heterocycles. The van der Waals surface area contributed by atoms with Gasteiger partial charge in [0.1, 0.15) is 5.60 Å². The fourth-order valence-electron chi connectivity index (χ4n) is 2.22. The maximum Gasteiger partial charge on any atom is 0.410 e. The van der Waals surface area contributed by atoms with Gasteiger partial charge < -0.3 is 4.74 Å².